The number of benzene rings is 1. The van der Waals surface area contributed by atoms with Crippen LogP contribution in [0.2, 0.25) is 0 Å². The number of amides is 6. The van der Waals surface area contributed by atoms with Gasteiger partial charge in [-0.25, -0.2) is 0 Å². The third kappa shape index (κ3) is 8.29. The van der Waals surface area contributed by atoms with E-state index in [1.807, 2.05) is 44.2 Å². The number of fused-ring (bicyclic) bond motifs is 1. The SMILES string of the molecule is CC[C@H](C)[C@@H]1NC(=O)[C@@H]2CCCN2C(=O)CNC(=O)[C@H](C)NC(=O)[C@H](Cc2ccccc2)NC(=O)[C@H](C(C)C)NC1=O. The molecule has 0 bridgehead atoms. The predicted molar refractivity (Wildman–Crippen MR) is 156 cm³/mol. The summed E-state index contributed by atoms with van der Waals surface area (Å²) in [7, 11) is 0. The van der Waals surface area contributed by atoms with Crippen LogP contribution in [0.5, 0.6) is 0 Å². The van der Waals surface area contributed by atoms with Gasteiger partial charge in [-0.15, -0.1) is 0 Å². The second-order valence-corrected chi connectivity index (χ2v) is 11.5. The molecule has 2 fully saturated rings. The molecule has 0 aliphatic carbocycles. The predicted octanol–water partition coefficient (Wildman–Crippen LogP) is 0.0111. The molecular weight excluding hydrogens is 540 g/mol. The summed E-state index contributed by atoms with van der Waals surface area (Å²) in [5.74, 6) is -3.74. The Balaban J connectivity index is 1.96. The minimum Gasteiger partial charge on any atom is -0.345 e. The van der Waals surface area contributed by atoms with Crippen molar-refractivity contribution in [3.8, 4) is 0 Å². The van der Waals surface area contributed by atoms with Crippen LogP contribution in [-0.2, 0) is 35.2 Å². The van der Waals surface area contributed by atoms with Crippen LogP contribution in [0.1, 0.15) is 59.4 Å². The van der Waals surface area contributed by atoms with E-state index in [4.69, 9.17) is 0 Å². The molecule has 1 aromatic carbocycles. The highest BCUT2D eigenvalue weighted by Gasteiger charge is 2.38. The van der Waals surface area contributed by atoms with Crippen molar-refractivity contribution in [1.29, 1.82) is 0 Å². The average molecular weight is 585 g/mol. The van der Waals surface area contributed by atoms with Crippen LogP contribution in [0.25, 0.3) is 0 Å². The summed E-state index contributed by atoms with van der Waals surface area (Å²) in [6.07, 6.45) is 1.75. The first-order chi connectivity index (χ1) is 19.9. The lowest BCUT2D eigenvalue weighted by Gasteiger charge is -2.31. The molecule has 0 unspecified atom stereocenters. The Morgan fingerprint density at radius 1 is 0.810 bits per heavy atom. The van der Waals surface area contributed by atoms with Crippen molar-refractivity contribution in [2.45, 2.75) is 90.5 Å². The summed E-state index contributed by atoms with van der Waals surface area (Å²) in [6, 6.07) is 4.31. The highest BCUT2D eigenvalue weighted by molar-refractivity contribution is 5.97. The number of nitrogens with zero attached hydrogens (tertiary/aromatic N) is 1. The fourth-order valence-electron chi connectivity index (χ4n) is 5.18. The normalized spacial score (nSPS) is 27.6. The maximum absolute atomic E-state index is 13.6. The van der Waals surface area contributed by atoms with Gasteiger partial charge in [0, 0.05) is 13.0 Å². The van der Waals surface area contributed by atoms with Crippen molar-refractivity contribution < 1.29 is 28.8 Å². The van der Waals surface area contributed by atoms with Gasteiger partial charge in [-0.2, -0.15) is 0 Å². The van der Waals surface area contributed by atoms with Gasteiger partial charge in [-0.3, -0.25) is 28.8 Å². The topological polar surface area (TPSA) is 166 Å². The summed E-state index contributed by atoms with van der Waals surface area (Å²) >= 11 is 0. The summed E-state index contributed by atoms with van der Waals surface area (Å²) in [4.78, 5) is 81.1. The van der Waals surface area contributed by atoms with Gasteiger partial charge in [-0.05, 0) is 37.2 Å². The summed E-state index contributed by atoms with van der Waals surface area (Å²) in [6.45, 7) is 8.74. The first-order valence-electron chi connectivity index (χ1n) is 14.8. The van der Waals surface area contributed by atoms with E-state index in [1.165, 1.54) is 11.8 Å². The van der Waals surface area contributed by atoms with Crippen molar-refractivity contribution in [2.24, 2.45) is 11.8 Å². The van der Waals surface area contributed by atoms with Gasteiger partial charge < -0.3 is 31.5 Å². The third-order valence-corrected chi connectivity index (χ3v) is 8.00. The molecule has 2 heterocycles. The standard InChI is InChI=1S/C30H44N6O6/c1-6-18(4)25-30(42)34-24(17(2)3)29(41)33-21(15-20-11-8-7-9-12-20)27(39)32-19(5)26(38)31-16-23(37)36-14-10-13-22(36)28(40)35-25/h7-9,11-12,17-19,21-22,24-25H,6,10,13-16H2,1-5H3,(H,31,38)(H,32,39)(H,33,41)(H,34,42)(H,35,40)/t18-,19-,21-,22-,24-,25-/m0/s1. The van der Waals surface area contributed by atoms with Gasteiger partial charge in [0.25, 0.3) is 0 Å². The molecule has 1 aromatic rings. The van der Waals surface area contributed by atoms with Gasteiger partial charge in [-0.1, -0.05) is 64.4 Å². The zero-order valence-electron chi connectivity index (χ0n) is 25.1. The first-order valence-corrected chi connectivity index (χ1v) is 14.8. The molecule has 2 saturated heterocycles. The molecule has 5 N–H and O–H groups in total. The molecule has 2 aliphatic rings. The van der Waals surface area contributed by atoms with Gasteiger partial charge in [0.2, 0.25) is 35.4 Å². The van der Waals surface area contributed by atoms with Gasteiger partial charge >= 0.3 is 0 Å². The van der Waals surface area contributed by atoms with Crippen LogP contribution in [-0.4, -0.2) is 83.6 Å². The van der Waals surface area contributed by atoms with Crippen LogP contribution in [0.3, 0.4) is 0 Å². The first kappa shape index (κ1) is 32.6. The van der Waals surface area contributed by atoms with Crippen LogP contribution in [0.15, 0.2) is 30.3 Å². The Morgan fingerprint density at radius 3 is 2.10 bits per heavy atom. The van der Waals surface area contributed by atoms with Crippen LogP contribution in [0, 0.1) is 11.8 Å². The van der Waals surface area contributed by atoms with Gasteiger partial charge in [0.1, 0.15) is 30.2 Å². The molecule has 42 heavy (non-hydrogen) atoms. The van der Waals surface area contributed by atoms with Gasteiger partial charge in [0.15, 0.2) is 0 Å². The average Bonchev–Trinajstić information content (AvgIpc) is 3.46. The molecule has 6 atom stereocenters. The zero-order valence-corrected chi connectivity index (χ0v) is 25.1. The minimum absolute atomic E-state index is 0.145. The molecule has 6 amide bonds. The molecule has 0 radical (unpaired) electrons. The van der Waals surface area contributed by atoms with Crippen LogP contribution >= 0.6 is 0 Å². The molecule has 230 valence electrons. The Bertz CT molecular complexity index is 1160. The Hall–Kier alpha value is -3.96. The fourth-order valence-corrected chi connectivity index (χ4v) is 5.18. The minimum atomic E-state index is -1.05. The van der Waals surface area contributed by atoms with E-state index in [0.717, 1.165) is 5.56 Å². The molecule has 3 rings (SSSR count). The smallest absolute Gasteiger partial charge is 0.243 e. The van der Waals surface area contributed by atoms with Crippen molar-refractivity contribution in [2.75, 3.05) is 13.1 Å². The summed E-state index contributed by atoms with van der Waals surface area (Å²) < 4.78 is 0. The lowest BCUT2D eigenvalue weighted by Crippen LogP contribution is -2.61. The molecule has 0 aromatic heterocycles. The number of carbonyl (C=O) groups excluding carboxylic acids is 6. The van der Waals surface area contributed by atoms with Crippen molar-refractivity contribution in [3.05, 3.63) is 35.9 Å². The fraction of sp³-hybridized carbons (Fsp3) is 0.600. The molecular formula is C30H44N6O6. The Morgan fingerprint density at radius 2 is 1.45 bits per heavy atom. The number of hydrogen-bond donors (Lipinski definition) is 5. The maximum Gasteiger partial charge on any atom is 0.243 e. The van der Waals surface area contributed by atoms with Crippen LogP contribution < -0.4 is 26.6 Å². The highest BCUT2D eigenvalue weighted by Crippen LogP contribution is 2.19. The highest BCUT2D eigenvalue weighted by atomic mass is 16.2. The second-order valence-electron chi connectivity index (χ2n) is 11.5. The lowest BCUT2D eigenvalue weighted by molar-refractivity contribution is -0.141. The maximum atomic E-state index is 13.6. The number of nitrogens with one attached hydrogen (secondary N) is 5. The summed E-state index contributed by atoms with van der Waals surface area (Å²) in [5, 5.41) is 13.6. The second kappa shape index (κ2) is 14.8. The lowest BCUT2D eigenvalue weighted by atomic mass is 9.95. The van der Waals surface area contributed by atoms with E-state index in [2.05, 4.69) is 26.6 Å². The third-order valence-electron chi connectivity index (χ3n) is 8.00. The van der Waals surface area contributed by atoms with E-state index >= 15 is 0 Å². The van der Waals surface area contributed by atoms with E-state index in [1.54, 1.807) is 13.8 Å². The Kier molecular flexibility index (Phi) is 11.5. The monoisotopic (exact) mass is 584 g/mol. The van der Waals surface area contributed by atoms with E-state index in [9.17, 15) is 28.8 Å². The number of rotatable bonds is 5. The number of carbonyl (C=O) groups is 6. The van der Waals surface area contributed by atoms with E-state index in [0.29, 0.717) is 25.8 Å². The molecule has 2 aliphatic heterocycles. The largest absolute Gasteiger partial charge is 0.345 e. The van der Waals surface area contributed by atoms with Crippen molar-refractivity contribution in [3.63, 3.8) is 0 Å². The number of hydrogen-bond acceptors (Lipinski definition) is 6. The zero-order chi connectivity index (χ0) is 31.0. The molecule has 12 heteroatoms. The van der Waals surface area contributed by atoms with E-state index < -0.39 is 65.7 Å². The summed E-state index contributed by atoms with van der Waals surface area (Å²) in [5.41, 5.74) is 0.785. The van der Waals surface area contributed by atoms with E-state index in [-0.39, 0.29) is 24.8 Å². The Labute approximate surface area is 247 Å². The van der Waals surface area contributed by atoms with Crippen LogP contribution in [0.4, 0.5) is 0 Å². The van der Waals surface area contributed by atoms with Crippen molar-refractivity contribution in [1.82, 2.24) is 31.5 Å². The molecule has 0 spiro atoms. The van der Waals surface area contributed by atoms with Crippen molar-refractivity contribution >= 4 is 35.4 Å². The molecule has 0 saturated carbocycles. The molecule has 12 nitrogen and oxygen atoms in total. The van der Waals surface area contributed by atoms with Gasteiger partial charge in [0.05, 0.1) is 6.54 Å². The quantitative estimate of drug-likeness (QED) is 0.327.